The van der Waals surface area contributed by atoms with Gasteiger partial charge in [-0.15, -0.1) is 0 Å². The summed E-state index contributed by atoms with van der Waals surface area (Å²) in [5.74, 6) is 0.0590. The molecule has 0 aromatic heterocycles. The van der Waals surface area contributed by atoms with Crippen molar-refractivity contribution in [2.75, 3.05) is 13.1 Å². The molecule has 0 radical (unpaired) electrons. The van der Waals surface area contributed by atoms with Crippen molar-refractivity contribution in [2.24, 2.45) is 5.73 Å². The second kappa shape index (κ2) is 7.25. The van der Waals surface area contributed by atoms with Crippen LogP contribution in [-0.4, -0.2) is 36.0 Å². The molecule has 1 aromatic rings. The van der Waals surface area contributed by atoms with Crippen molar-refractivity contribution >= 4 is 5.91 Å². The van der Waals surface area contributed by atoms with E-state index >= 15 is 0 Å². The van der Waals surface area contributed by atoms with Crippen LogP contribution in [0.5, 0.6) is 0 Å². The lowest BCUT2D eigenvalue weighted by atomic mass is 9.91. The number of amides is 1. The summed E-state index contributed by atoms with van der Waals surface area (Å²) in [6.45, 7) is 3.32. The fourth-order valence-electron chi connectivity index (χ4n) is 3.54. The molecule has 4 heteroatoms. The van der Waals surface area contributed by atoms with E-state index in [2.05, 4.69) is 16.3 Å². The van der Waals surface area contributed by atoms with Gasteiger partial charge in [-0.1, -0.05) is 12.1 Å². The molecular weight excluding hydrogens is 274 g/mol. The number of hydrogen-bond donors (Lipinski definition) is 2. The molecular formula is C18H27N3O. The molecule has 1 amide bonds. The van der Waals surface area contributed by atoms with Gasteiger partial charge in [0, 0.05) is 24.2 Å². The number of carbonyl (C=O) groups excluding carboxylic acids is 1. The van der Waals surface area contributed by atoms with Crippen LogP contribution < -0.4 is 11.1 Å². The first-order valence-corrected chi connectivity index (χ1v) is 8.58. The standard InChI is InChI=1S/C18H27N3O/c19-16-6-8-17(9-7-16)20-18(22)15-5-3-4-14(12-15)13-21-10-1-2-11-21/h3-5,12,16-17H,1-2,6-11,13,19H2,(H,20,22). The Hall–Kier alpha value is -1.39. The van der Waals surface area contributed by atoms with Crippen molar-refractivity contribution in [3.63, 3.8) is 0 Å². The molecule has 0 unspecified atom stereocenters. The molecule has 1 saturated carbocycles. The van der Waals surface area contributed by atoms with Gasteiger partial charge in [0.05, 0.1) is 0 Å². The van der Waals surface area contributed by atoms with Gasteiger partial charge in [0.2, 0.25) is 0 Å². The summed E-state index contributed by atoms with van der Waals surface area (Å²) < 4.78 is 0. The minimum atomic E-state index is 0.0590. The maximum Gasteiger partial charge on any atom is 0.251 e. The first kappa shape index (κ1) is 15.5. The fraction of sp³-hybridized carbons (Fsp3) is 0.611. The number of nitrogens with one attached hydrogen (secondary N) is 1. The van der Waals surface area contributed by atoms with Crippen LogP contribution in [0.3, 0.4) is 0 Å². The molecule has 120 valence electrons. The summed E-state index contributed by atoms with van der Waals surface area (Å²) in [7, 11) is 0. The van der Waals surface area contributed by atoms with E-state index in [4.69, 9.17) is 5.73 Å². The maximum atomic E-state index is 12.4. The topological polar surface area (TPSA) is 58.4 Å². The summed E-state index contributed by atoms with van der Waals surface area (Å²) >= 11 is 0. The van der Waals surface area contributed by atoms with Gasteiger partial charge in [0.15, 0.2) is 0 Å². The van der Waals surface area contributed by atoms with Crippen LogP contribution >= 0.6 is 0 Å². The molecule has 3 rings (SSSR count). The van der Waals surface area contributed by atoms with Crippen LogP contribution in [0.15, 0.2) is 24.3 Å². The Bertz CT molecular complexity index is 503. The van der Waals surface area contributed by atoms with Crippen molar-refractivity contribution < 1.29 is 4.79 Å². The number of rotatable bonds is 4. The molecule has 1 heterocycles. The van der Waals surface area contributed by atoms with Crippen molar-refractivity contribution in [3.8, 4) is 0 Å². The van der Waals surface area contributed by atoms with Gasteiger partial charge in [-0.05, 0) is 69.3 Å². The van der Waals surface area contributed by atoms with Crippen LogP contribution in [0.2, 0.25) is 0 Å². The van der Waals surface area contributed by atoms with E-state index < -0.39 is 0 Å². The fourth-order valence-corrected chi connectivity index (χ4v) is 3.54. The average Bonchev–Trinajstić information content (AvgIpc) is 3.03. The highest BCUT2D eigenvalue weighted by molar-refractivity contribution is 5.94. The minimum Gasteiger partial charge on any atom is -0.349 e. The average molecular weight is 301 g/mol. The van der Waals surface area contributed by atoms with Gasteiger partial charge in [-0.3, -0.25) is 9.69 Å². The molecule has 2 fully saturated rings. The van der Waals surface area contributed by atoms with Gasteiger partial charge in [-0.2, -0.15) is 0 Å². The van der Waals surface area contributed by atoms with Crippen molar-refractivity contribution in [3.05, 3.63) is 35.4 Å². The Labute approximate surface area is 133 Å². The highest BCUT2D eigenvalue weighted by Crippen LogP contribution is 2.18. The third kappa shape index (κ3) is 4.08. The van der Waals surface area contributed by atoms with Crippen LogP contribution in [0.1, 0.15) is 54.4 Å². The quantitative estimate of drug-likeness (QED) is 0.897. The van der Waals surface area contributed by atoms with Gasteiger partial charge >= 0.3 is 0 Å². The van der Waals surface area contributed by atoms with Crippen molar-refractivity contribution in [1.29, 1.82) is 0 Å². The molecule has 1 aliphatic heterocycles. The van der Waals surface area contributed by atoms with Crippen LogP contribution in [-0.2, 0) is 6.54 Å². The number of nitrogens with zero attached hydrogens (tertiary/aromatic N) is 1. The summed E-state index contributed by atoms with van der Waals surface area (Å²) in [6, 6.07) is 8.68. The lowest BCUT2D eigenvalue weighted by molar-refractivity contribution is 0.0925. The van der Waals surface area contributed by atoms with E-state index in [0.717, 1.165) is 37.8 Å². The van der Waals surface area contributed by atoms with Crippen LogP contribution in [0, 0.1) is 0 Å². The van der Waals surface area contributed by atoms with Gasteiger partial charge in [0.25, 0.3) is 5.91 Å². The Morgan fingerprint density at radius 2 is 1.91 bits per heavy atom. The summed E-state index contributed by atoms with van der Waals surface area (Å²) in [4.78, 5) is 14.9. The smallest absolute Gasteiger partial charge is 0.251 e. The van der Waals surface area contributed by atoms with E-state index in [0.29, 0.717) is 6.04 Å². The van der Waals surface area contributed by atoms with E-state index in [-0.39, 0.29) is 11.9 Å². The number of hydrogen-bond acceptors (Lipinski definition) is 3. The zero-order valence-corrected chi connectivity index (χ0v) is 13.3. The predicted molar refractivity (Wildman–Crippen MR) is 88.7 cm³/mol. The Morgan fingerprint density at radius 3 is 2.64 bits per heavy atom. The van der Waals surface area contributed by atoms with Crippen molar-refractivity contribution in [2.45, 2.75) is 57.2 Å². The highest BCUT2D eigenvalue weighted by Gasteiger charge is 2.20. The minimum absolute atomic E-state index is 0.0590. The number of benzene rings is 1. The monoisotopic (exact) mass is 301 g/mol. The maximum absolute atomic E-state index is 12.4. The van der Waals surface area contributed by atoms with E-state index in [1.165, 1.54) is 31.5 Å². The first-order chi connectivity index (χ1) is 10.7. The van der Waals surface area contributed by atoms with E-state index in [9.17, 15) is 4.79 Å². The molecule has 2 aliphatic rings. The van der Waals surface area contributed by atoms with Gasteiger partial charge in [0.1, 0.15) is 0 Å². The number of carbonyl (C=O) groups is 1. The Kier molecular flexibility index (Phi) is 5.11. The lowest BCUT2D eigenvalue weighted by Gasteiger charge is -2.26. The molecule has 22 heavy (non-hydrogen) atoms. The van der Waals surface area contributed by atoms with Crippen molar-refractivity contribution in [1.82, 2.24) is 10.2 Å². The van der Waals surface area contributed by atoms with Gasteiger partial charge in [-0.25, -0.2) is 0 Å². The normalized spacial score (nSPS) is 26.0. The second-order valence-electron chi connectivity index (χ2n) is 6.77. The zero-order chi connectivity index (χ0) is 15.4. The number of likely N-dealkylation sites (tertiary alicyclic amines) is 1. The molecule has 0 spiro atoms. The summed E-state index contributed by atoms with van der Waals surface area (Å²) in [5, 5.41) is 3.17. The zero-order valence-electron chi connectivity index (χ0n) is 13.3. The van der Waals surface area contributed by atoms with Gasteiger partial charge < -0.3 is 11.1 Å². The molecule has 3 N–H and O–H groups in total. The van der Waals surface area contributed by atoms with E-state index in [1.807, 2.05) is 18.2 Å². The molecule has 0 atom stereocenters. The molecule has 1 aromatic carbocycles. The third-order valence-corrected chi connectivity index (χ3v) is 4.90. The summed E-state index contributed by atoms with van der Waals surface area (Å²) in [6.07, 6.45) is 6.62. The molecule has 0 bridgehead atoms. The van der Waals surface area contributed by atoms with Crippen LogP contribution in [0.25, 0.3) is 0 Å². The van der Waals surface area contributed by atoms with Crippen LogP contribution in [0.4, 0.5) is 0 Å². The SMILES string of the molecule is NC1CCC(NC(=O)c2cccc(CN3CCCC3)c2)CC1. The van der Waals surface area contributed by atoms with E-state index in [1.54, 1.807) is 0 Å². The summed E-state index contributed by atoms with van der Waals surface area (Å²) in [5.41, 5.74) is 7.94. The molecule has 1 aliphatic carbocycles. The number of nitrogens with two attached hydrogens (primary N) is 1. The Morgan fingerprint density at radius 1 is 1.18 bits per heavy atom. The Balaban J connectivity index is 1.57. The highest BCUT2D eigenvalue weighted by atomic mass is 16.1. The lowest BCUT2D eigenvalue weighted by Crippen LogP contribution is -2.40. The first-order valence-electron chi connectivity index (χ1n) is 8.58. The predicted octanol–water partition coefficient (Wildman–Crippen LogP) is 2.28. The molecule has 4 nitrogen and oxygen atoms in total. The third-order valence-electron chi connectivity index (χ3n) is 4.90. The molecule has 1 saturated heterocycles. The second-order valence-corrected chi connectivity index (χ2v) is 6.77. The largest absolute Gasteiger partial charge is 0.349 e.